The van der Waals surface area contributed by atoms with Crippen LogP contribution in [0.5, 0.6) is 0 Å². The van der Waals surface area contributed by atoms with Gasteiger partial charge < -0.3 is 4.74 Å². The summed E-state index contributed by atoms with van der Waals surface area (Å²) in [6.07, 6.45) is 1.13. The fraction of sp³-hybridized carbons (Fsp3) is 0.130. The lowest BCUT2D eigenvalue weighted by molar-refractivity contribution is 0.0588. The average Bonchev–Trinajstić information content (AvgIpc) is 3.29. The summed E-state index contributed by atoms with van der Waals surface area (Å²) < 4.78 is 29.9. The average molecular weight is 488 g/mol. The van der Waals surface area contributed by atoms with Crippen LogP contribution in [0.2, 0.25) is 5.02 Å². The predicted molar refractivity (Wildman–Crippen MR) is 127 cm³/mol. The maximum Gasteiger partial charge on any atom is 0.355 e. The first-order valence-electron chi connectivity index (χ1n) is 9.48. The van der Waals surface area contributed by atoms with Crippen LogP contribution >= 0.6 is 22.9 Å². The van der Waals surface area contributed by atoms with Crippen LogP contribution in [0.4, 0.5) is 0 Å². The Kier molecular flexibility index (Phi) is 5.94. The molecule has 0 N–H and O–H groups in total. The molecule has 0 aliphatic rings. The Labute approximate surface area is 193 Å². The molecule has 4 rings (SSSR count). The zero-order valence-corrected chi connectivity index (χ0v) is 19.6. The molecule has 0 atom stereocenters. The van der Waals surface area contributed by atoms with Crippen molar-refractivity contribution in [1.82, 2.24) is 4.57 Å². The number of carbonyl (C=O) groups is 1. The Hall–Kier alpha value is -2.94. The summed E-state index contributed by atoms with van der Waals surface area (Å²) in [5.74, 6) is -0.653. The Morgan fingerprint density at radius 2 is 1.81 bits per heavy atom. The molecule has 0 spiro atoms. The first-order chi connectivity index (χ1) is 15.2. The maximum absolute atomic E-state index is 13.5. The zero-order chi connectivity index (χ0) is 23.0. The fourth-order valence-corrected chi connectivity index (χ4v) is 5.16. The number of hydrogen-bond acceptors (Lipinski definition) is 6. The molecule has 0 bridgehead atoms. The van der Waals surface area contributed by atoms with E-state index in [4.69, 9.17) is 16.3 Å². The van der Waals surface area contributed by atoms with Gasteiger partial charge in [0.2, 0.25) is 0 Å². The number of nitrogens with zero attached hydrogens (tertiary/aromatic N) is 1. The van der Waals surface area contributed by atoms with E-state index in [0.29, 0.717) is 26.9 Å². The molecule has 2 aromatic heterocycles. The number of thiophene rings is 1. The number of carbonyl (C=O) groups excluding carboxylic acids is 1. The topological polar surface area (TPSA) is 82.4 Å². The number of esters is 1. The molecule has 0 aliphatic carbocycles. The summed E-state index contributed by atoms with van der Waals surface area (Å²) >= 11 is 7.65. The predicted octanol–water partition coefficient (Wildman–Crippen LogP) is 4.62. The summed E-state index contributed by atoms with van der Waals surface area (Å²) in [6.45, 7) is 0.0598. The second-order valence-electron chi connectivity index (χ2n) is 7.19. The monoisotopic (exact) mass is 487 g/mol. The molecule has 0 saturated heterocycles. The lowest BCUT2D eigenvalue weighted by Crippen LogP contribution is -2.28. The molecule has 9 heteroatoms. The van der Waals surface area contributed by atoms with E-state index in [1.165, 1.54) is 35.1 Å². The molecular formula is C23H18ClNO5S2. The molecule has 0 radical (unpaired) electrons. The standard InChI is InChI=1S/C23H18ClNO5S2/c1-30-23(27)21-20(19-4-3-11-31-19)18-12-15(24)7-10-17(18)22(26)25(21)13-14-5-8-16(9-6-14)32(2,28)29/h3-12H,13H2,1-2H3. The van der Waals surface area contributed by atoms with Crippen LogP contribution < -0.4 is 5.56 Å². The summed E-state index contributed by atoms with van der Waals surface area (Å²) in [5, 5.41) is 3.30. The summed E-state index contributed by atoms with van der Waals surface area (Å²) in [7, 11) is -2.09. The first kappa shape index (κ1) is 22.3. The molecule has 0 saturated carbocycles. The van der Waals surface area contributed by atoms with Crippen LogP contribution in [-0.4, -0.2) is 32.3 Å². The van der Waals surface area contributed by atoms with Gasteiger partial charge in [0.05, 0.1) is 18.6 Å². The van der Waals surface area contributed by atoms with Gasteiger partial charge in [0.15, 0.2) is 9.84 Å². The van der Waals surface area contributed by atoms with Gasteiger partial charge in [0, 0.05) is 27.1 Å². The Morgan fingerprint density at radius 3 is 2.41 bits per heavy atom. The number of sulfone groups is 1. The van der Waals surface area contributed by atoms with Crippen molar-refractivity contribution >= 4 is 49.5 Å². The second-order valence-corrected chi connectivity index (χ2v) is 10.6. The van der Waals surface area contributed by atoms with Crippen LogP contribution in [0.3, 0.4) is 0 Å². The number of methoxy groups -OCH3 is 1. The van der Waals surface area contributed by atoms with Crippen molar-refractivity contribution < 1.29 is 17.9 Å². The quantitative estimate of drug-likeness (QED) is 0.383. The second kappa shape index (κ2) is 8.54. The van der Waals surface area contributed by atoms with E-state index in [-0.39, 0.29) is 22.7 Å². The molecule has 164 valence electrons. The van der Waals surface area contributed by atoms with E-state index >= 15 is 0 Å². The first-order valence-corrected chi connectivity index (χ1v) is 12.6. The minimum Gasteiger partial charge on any atom is -0.464 e. The highest BCUT2D eigenvalue weighted by molar-refractivity contribution is 7.90. The number of pyridine rings is 1. The van der Waals surface area contributed by atoms with E-state index in [1.54, 1.807) is 30.3 Å². The number of hydrogen-bond donors (Lipinski definition) is 0. The SMILES string of the molecule is COC(=O)c1c(-c2cccs2)c2cc(Cl)ccc2c(=O)n1Cc1ccc(S(C)(=O)=O)cc1. The van der Waals surface area contributed by atoms with Crippen LogP contribution in [0.15, 0.2) is 69.7 Å². The Bertz CT molecular complexity index is 1490. The highest BCUT2D eigenvalue weighted by Crippen LogP contribution is 2.35. The number of benzene rings is 2. The third-order valence-electron chi connectivity index (χ3n) is 5.07. The lowest BCUT2D eigenvalue weighted by Gasteiger charge is -2.18. The molecule has 2 heterocycles. The largest absolute Gasteiger partial charge is 0.464 e. The van der Waals surface area contributed by atoms with Gasteiger partial charge in [-0.05, 0) is 52.7 Å². The summed E-state index contributed by atoms with van der Waals surface area (Å²) in [4.78, 5) is 27.3. The molecule has 6 nitrogen and oxygen atoms in total. The lowest BCUT2D eigenvalue weighted by atomic mass is 10.0. The van der Waals surface area contributed by atoms with E-state index in [1.807, 2.05) is 17.5 Å². The number of halogens is 1. The van der Waals surface area contributed by atoms with Gasteiger partial charge in [0.1, 0.15) is 5.69 Å². The van der Waals surface area contributed by atoms with E-state index in [2.05, 4.69) is 0 Å². The number of aromatic nitrogens is 1. The third kappa shape index (κ3) is 4.09. The van der Waals surface area contributed by atoms with Crippen LogP contribution in [0, 0.1) is 0 Å². The molecule has 0 aliphatic heterocycles. The van der Waals surface area contributed by atoms with E-state index in [9.17, 15) is 18.0 Å². The van der Waals surface area contributed by atoms with Gasteiger partial charge in [-0.1, -0.05) is 29.8 Å². The van der Waals surface area contributed by atoms with Crippen molar-refractivity contribution in [3.05, 3.63) is 86.6 Å². The van der Waals surface area contributed by atoms with Crippen molar-refractivity contribution in [2.24, 2.45) is 0 Å². The van der Waals surface area contributed by atoms with Crippen LogP contribution in [-0.2, 0) is 21.1 Å². The van der Waals surface area contributed by atoms with Crippen molar-refractivity contribution in [1.29, 1.82) is 0 Å². The molecule has 4 aromatic rings. The minimum atomic E-state index is -3.35. The molecule has 0 unspecified atom stereocenters. The van der Waals surface area contributed by atoms with Gasteiger partial charge in [-0.25, -0.2) is 13.2 Å². The smallest absolute Gasteiger partial charge is 0.355 e. The highest BCUT2D eigenvalue weighted by Gasteiger charge is 2.25. The van der Waals surface area contributed by atoms with E-state index < -0.39 is 15.8 Å². The molecule has 0 fully saturated rings. The van der Waals surface area contributed by atoms with Crippen molar-refractivity contribution in [2.75, 3.05) is 13.4 Å². The van der Waals surface area contributed by atoms with Crippen LogP contribution in [0.1, 0.15) is 16.1 Å². The van der Waals surface area contributed by atoms with E-state index in [0.717, 1.165) is 11.1 Å². The number of rotatable bonds is 5. The molecule has 0 amide bonds. The van der Waals surface area contributed by atoms with Gasteiger partial charge in [-0.2, -0.15) is 0 Å². The van der Waals surface area contributed by atoms with Crippen molar-refractivity contribution in [3.63, 3.8) is 0 Å². The maximum atomic E-state index is 13.5. The molecule has 32 heavy (non-hydrogen) atoms. The molecule has 2 aromatic carbocycles. The number of ether oxygens (including phenoxy) is 1. The Balaban J connectivity index is 2.02. The summed E-state index contributed by atoms with van der Waals surface area (Å²) in [6, 6.07) is 14.9. The molecular weight excluding hydrogens is 470 g/mol. The Morgan fingerprint density at radius 1 is 1.09 bits per heavy atom. The van der Waals surface area contributed by atoms with Crippen LogP contribution in [0.25, 0.3) is 21.2 Å². The van der Waals surface area contributed by atoms with Crippen molar-refractivity contribution in [3.8, 4) is 10.4 Å². The fourth-order valence-electron chi connectivity index (χ4n) is 3.57. The van der Waals surface area contributed by atoms with Gasteiger partial charge in [-0.3, -0.25) is 9.36 Å². The van der Waals surface area contributed by atoms with Gasteiger partial charge in [-0.15, -0.1) is 11.3 Å². The number of fused-ring (bicyclic) bond motifs is 1. The van der Waals surface area contributed by atoms with Gasteiger partial charge >= 0.3 is 5.97 Å². The van der Waals surface area contributed by atoms with Crippen molar-refractivity contribution in [2.45, 2.75) is 11.4 Å². The zero-order valence-electron chi connectivity index (χ0n) is 17.2. The third-order valence-corrected chi connectivity index (χ3v) is 7.32. The minimum absolute atomic E-state index is 0.0598. The highest BCUT2D eigenvalue weighted by atomic mass is 35.5. The van der Waals surface area contributed by atoms with Gasteiger partial charge in [0.25, 0.3) is 5.56 Å². The normalized spacial score (nSPS) is 11.6. The summed E-state index contributed by atoms with van der Waals surface area (Å²) in [5.41, 5.74) is 0.971.